The predicted octanol–water partition coefficient (Wildman–Crippen LogP) is 2.57. The van der Waals surface area contributed by atoms with Gasteiger partial charge in [0.15, 0.2) is 0 Å². The van der Waals surface area contributed by atoms with E-state index in [1.807, 2.05) is 10.3 Å². The summed E-state index contributed by atoms with van der Waals surface area (Å²) in [4.78, 5) is 19.0. The Kier molecular flexibility index (Phi) is 5.28. The third kappa shape index (κ3) is 3.41. The van der Waals surface area contributed by atoms with Crippen molar-refractivity contribution in [2.45, 2.75) is 39.2 Å². The number of nitrogens with two attached hydrogens (primary N) is 1. The molecule has 1 aromatic rings. The second kappa shape index (κ2) is 6.63. The van der Waals surface area contributed by atoms with Crippen LogP contribution >= 0.6 is 23.7 Å². The molecular formula is C15H24ClN3OS. The van der Waals surface area contributed by atoms with Gasteiger partial charge in [-0.3, -0.25) is 4.79 Å². The van der Waals surface area contributed by atoms with Crippen molar-refractivity contribution in [2.24, 2.45) is 23.5 Å². The molecule has 0 spiro atoms. The average molecular weight is 330 g/mol. The third-order valence-electron chi connectivity index (χ3n) is 4.55. The van der Waals surface area contributed by atoms with Crippen LogP contribution in [0.3, 0.4) is 0 Å². The van der Waals surface area contributed by atoms with Crippen LogP contribution in [0.15, 0.2) is 5.38 Å². The molecule has 0 bridgehead atoms. The highest BCUT2D eigenvalue weighted by Gasteiger charge is 2.42. The van der Waals surface area contributed by atoms with Gasteiger partial charge in [-0.15, -0.1) is 23.7 Å². The van der Waals surface area contributed by atoms with Crippen molar-refractivity contribution in [3.05, 3.63) is 16.1 Å². The normalized spacial score (nSPS) is 27.8. The van der Waals surface area contributed by atoms with Gasteiger partial charge in [0, 0.05) is 30.9 Å². The molecule has 1 saturated heterocycles. The number of thiazole rings is 1. The Morgan fingerprint density at radius 1 is 1.48 bits per heavy atom. The van der Waals surface area contributed by atoms with E-state index in [-0.39, 0.29) is 24.4 Å². The Morgan fingerprint density at radius 2 is 2.24 bits per heavy atom. The summed E-state index contributed by atoms with van der Waals surface area (Å²) in [5.74, 6) is 1.79. The highest BCUT2D eigenvalue weighted by molar-refractivity contribution is 7.09. The van der Waals surface area contributed by atoms with E-state index in [1.165, 1.54) is 6.42 Å². The monoisotopic (exact) mass is 329 g/mol. The lowest BCUT2D eigenvalue weighted by molar-refractivity contribution is 0.0774. The fourth-order valence-electron chi connectivity index (χ4n) is 3.49. The minimum Gasteiger partial charge on any atom is -0.337 e. The van der Waals surface area contributed by atoms with Crippen molar-refractivity contribution >= 4 is 29.7 Å². The van der Waals surface area contributed by atoms with Gasteiger partial charge in [-0.25, -0.2) is 4.98 Å². The summed E-state index contributed by atoms with van der Waals surface area (Å²) in [6.07, 6.45) is 3.24. The van der Waals surface area contributed by atoms with Crippen LogP contribution in [0.2, 0.25) is 0 Å². The predicted molar refractivity (Wildman–Crippen MR) is 88.0 cm³/mol. The minimum absolute atomic E-state index is 0. The van der Waals surface area contributed by atoms with Gasteiger partial charge < -0.3 is 10.6 Å². The first kappa shape index (κ1) is 16.7. The molecule has 6 heteroatoms. The number of amides is 1. The number of nitrogens with zero attached hydrogens (tertiary/aromatic N) is 2. The quantitative estimate of drug-likeness (QED) is 0.927. The number of rotatable bonds is 3. The van der Waals surface area contributed by atoms with E-state index >= 15 is 0 Å². The lowest BCUT2D eigenvalue weighted by Gasteiger charge is -2.17. The molecule has 1 aromatic heterocycles. The van der Waals surface area contributed by atoms with Crippen LogP contribution < -0.4 is 5.73 Å². The van der Waals surface area contributed by atoms with Gasteiger partial charge in [-0.2, -0.15) is 0 Å². The van der Waals surface area contributed by atoms with Crippen LogP contribution in [0.1, 0.15) is 42.2 Å². The molecule has 0 radical (unpaired) electrons. The van der Waals surface area contributed by atoms with E-state index in [0.717, 1.165) is 30.9 Å². The summed E-state index contributed by atoms with van der Waals surface area (Å²) in [6, 6.07) is 0.282. The first-order valence-corrected chi connectivity index (χ1v) is 8.42. The number of halogens is 1. The molecule has 2 N–H and O–H groups in total. The lowest BCUT2D eigenvalue weighted by atomic mass is 9.98. The fourth-order valence-corrected chi connectivity index (χ4v) is 4.47. The third-order valence-corrected chi connectivity index (χ3v) is 5.42. The maximum Gasteiger partial charge on any atom is 0.273 e. The highest BCUT2D eigenvalue weighted by atomic mass is 35.5. The van der Waals surface area contributed by atoms with Crippen LogP contribution in [-0.4, -0.2) is 34.9 Å². The summed E-state index contributed by atoms with van der Waals surface area (Å²) < 4.78 is 0. The van der Waals surface area contributed by atoms with Crippen molar-refractivity contribution in [2.75, 3.05) is 13.1 Å². The summed E-state index contributed by atoms with van der Waals surface area (Å²) in [5, 5.41) is 2.98. The van der Waals surface area contributed by atoms with Gasteiger partial charge in [0.05, 0.1) is 5.01 Å². The molecule has 2 aliphatic rings. The topological polar surface area (TPSA) is 59.2 Å². The molecule has 3 atom stereocenters. The van der Waals surface area contributed by atoms with Crippen LogP contribution in [0.25, 0.3) is 0 Å². The number of hydrogen-bond donors (Lipinski definition) is 1. The number of fused-ring (bicyclic) bond motifs is 1. The smallest absolute Gasteiger partial charge is 0.273 e. The highest BCUT2D eigenvalue weighted by Crippen LogP contribution is 2.37. The standard InChI is InChI=1S/C15H23N3OS.ClH/c1-9(2)5-14-17-13(8-20-14)15(19)18-6-10-3-4-12(16)11(10)7-18;/h8-12H,3-7,16H2,1-2H3;1H. The molecule has 2 heterocycles. The molecule has 1 aliphatic heterocycles. The average Bonchev–Trinajstić information content (AvgIpc) is 3.06. The van der Waals surface area contributed by atoms with Crippen LogP contribution in [0.4, 0.5) is 0 Å². The number of carbonyl (C=O) groups excluding carboxylic acids is 1. The lowest BCUT2D eigenvalue weighted by Crippen LogP contribution is -2.33. The number of carbonyl (C=O) groups is 1. The number of likely N-dealkylation sites (tertiary alicyclic amines) is 1. The SMILES string of the molecule is CC(C)Cc1nc(C(=O)N2CC3CCC(N)C3C2)cs1.Cl. The van der Waals surface area contributed by atoms with Crippen LogP contribution in [-0.2, 0) is 6.42 Å². The summed E-state index contributed by atoms with van der Waals surface area (Å²) in [7, 11) is 0. The van der Waals surface area contributed by atoms with Crippen molar-refractivity contribution in [1.29, 1.82) is 0 Å². The van der Waals surface area contributed by atoms with E-state index < -0.39 is 0 Å². The Hall–Kier alpha value is -0.650. The largest absolute Gasteiger partial charge is 0.337 e. The first-order chi connectivity index (χ1) is 9.54. The van der Waals surface area contributed by atoms with E-state index in [9.17, 15) is 4.79 Å². The first-order valence-electron chi connectivity index (χ1n) is 7.54. The Labute approximate surface area is 136 Å². The van der Waals surface area contributed by atoms with Crippen LogP contribution in [0, 0.1) is 17.8 Å². The fraction of sp³-hybridized carbons (Fsp3) is 0.733. The second-order valence-electron chi connectivity index (χ2n) is 6.60. The van der Waals surface area contributed by atoms with Crippen molar-refractivity contribution in [3.63, 3.8) is 0 Å². The van der Waals surface area contributed by atoms with Gasteiger partial charge in [0.25, 0.3) is 5.91 Å². The molecule has 2 fully saturated rings. The van der Waals surface area contributed by atoms with E-state index in [1.54, 1.807) is 11.3 Å². The van der Waals surface area contributed by atoms with Crippen molar-refractivity contribution < 1.29 is 4.79 Å². The zero-order valence-corrected chi connectivity index (χ0v) is 14.3. The maximum absolute atomic E-state index is 12.5. The van der Waals surface area contributed by atoms with Gasteiger partial charge >= 0.3 is 0 Å². The zero-order chi connectivity index (χ0) is 14.3. The van der Waals surface area contributed by atoms with Crippen molar-refractivity contribution in [3.8, 4) is 0 Å². The van der Waals surface area contributed by atoms with E-state index in [4.69, 9.17) is 5.73 Å². The second-order valence-corrected chi connectivity index (χ2v) is 7.54. The molecule has 3 unspecified atom stereocenters. The molecule has 0 aromatic carbocycles. The Bertz CT molecular complexity index is 505. The molecular weight excluding hydrogens is 306 g/mol. The molecule has 1 aliphatic carbocycles. The number of hydrogen-bond acceptors (Lipinski definition) is 4. The van der Waals surface area contributed by atoms with Gasteiger partial charge in [0.1, 0.15) is 5.69 Å². The zero-order valence-electron chi connectivity index (χ0n) is 12.6. The molecule has 21 heavy (non-hydrogen) atoms. The van der Waals surface area contributed by atoms with Gasteiger partial charge in [0.2, 0.25) is 0 Å². The molecule has 3 rings (SSSR count). The molecule has 4 nitrogen and oxygen atoms in total. The van der Waals surface area contributed by atoms with Gasteiger partial charge in [-0.05, 0) is 30.6 Å². The molecule has 1 saturated carbocycles. The summed E-state index contributed by atoms with van der Waals surface area (Å²) >= 11 is 1.60. The summed E-state index contributed by atoms with van der Waals surface area (Å²) in [6.45, 7) is 6.04. The molecule has 1 amide bonds. The maximum atomic E-state index is 12.5. The summed E-state index contributed by atoms with van der Waals surface area (Å²) in [5.41, 5.74) is 6.75. The Balaban J connectivity index is 0.00000161. The van der Waals surface area contributed by atoms with Crippen molar-refractivity contribution in [1.82, 2.24) is 9.88 Å². The van der Waals surface area contributed by atoms with Crippen LogP contribution in [0.5, 0.6) is 0 Å². The van der Waals surface area contributed by atoms with E-state index in [2.05, 4.69) is 18.8 Å². The molecule has 118 valence electrons. The van der Waals surface area contributed by atoms with Gasteiger partial charge in [-0.1, -0.05) is 13.8 Å². The van der Waals surface area contributed by atoms with E-state index in [0.29, 0.717) is 23.4 Å². The minimum atomic E-state index is 0. The Morgan fingerprint density at radius 3 is 2.90 bits per heavy atom. The number of aromatic nitrogens is 1.